The summed E-state index contributed by atoms with van der Waals surface area (Å²) in [5, 5.41) is 3.09. The molecule has 1 aliphatic heterocycles. The molecule has 0 bridgehead atoms. The van der Waals surface area contributed by atoms with Crippen molar-refractivity contribution in [3.8, 4) is 0 Å². The number of carbonyl (C=O) groups is 3. The number of rotatable bonds is 5. The molecule has 8 heteroatoms. The monoisotopic (exact) mass is 382 g/mol. The summed E-state index contributed by atoms with van der Waals surface area (Å²) in [6, 6.07) is 0. The van der Waals surface area contributed by atoms with Crippen LogP contribution in [0.1, 0.15) is 45.9 Å². The second kappa shape index (κ2) is 8.64. The SMILES string of the molecule is COC(=O)c1sc(NC(=O)CN2C[C@H](C)C[C@@H](C)C2)c(C(=O)OC)c1C. The molecular formula is C18H26N2O5S. The van der Waals surface area contributed by atoms with E-state index in [1.807, 2.05) is 0 Å². The Morgan fingerprint density at radius 1 is 1.12 bits per heavy atom. The van der Waals surface area contributed by atoms with Crippen molar-refractivity contribution in [1.82, 2.24) is 4.90 Å². The van der Waals surface area contributed by atoms with Crippen LogP contribution in [-0.2, 0) is 14.3 Å². The number of thiophene rings is 1. The van der Waals surface area contributed by atoms with Gasteiger partial charge in [-0.15, -0.1) is 11.3 Å². The van der Waals surface area contributed by atoms with E-state index >= 15 is 0 Å². The summed E-state index contributed by atoms with van der Waals surface area (Å²) in [4.78, 5) is 38.9. The highest BCUT2D eigenvalue weighted by atomic mass is 32.1. The molecule has 0 aliphatic carbocycles. The van der Waals surface area contributed by atoms with Gasteiger partial charge in [-0.2, -0.15) is 0 Å². The van der Waals surface area contributed by atoms with E-state index in [0.29, 0.717) is 22.4 Å². The highest BCUT2D eigenvalue weighted by Gasteiger charge is 2.28. The van der Waals surface area contributed by atoms with Crippen molar-refractivity contribution in [2.75, 3.05) is 39.2 Å². The summed E-state index contributed by atoms with van der Waals surface area (Å²) in [7, 11) is 2.54. The van der Waals surface area contributed by atoms with Gasteiger partial charge in [-0.25, -0.2) is 9.59 Å². The van der Waals surface area contributed by atoms with Crippen LogP contribution in [-0.4, -0.2) is 56.6 Å². The molecule has 1 fully saturated rings. The molecule has 2 atom stereocenters. The van der Waals surface area contributed by atoms with Gasteiger partial charge >= 0.3 is 11.9 Å². The Bertz CT molecular complexity index is 690. The highest BCUT2D eigenvalue weighted by Crippen LogP contribution is 2.34. The number of nitrogens with zero attached hydrogens (tertiary/aromatic N) is 1. The fourth-order valence-electron chi connectivity index (χ4n) is 3.53. The molecule has 144 valence electrons. The van der Waals surface area contributed by atoms with Gasteiger partial charge in [-0.3, -0.25) is 9.69 Å². The normalized spacial score (nSPS) is 20.5. The molecule has 0 saturated carbocycles. The summed E-state index contributed by atoms with van der Waals surface area (Å²) < 4.78 is 9.55. The molecule has 1 amide bonds. The molecule has 0 aromatic carbocycles. The highest BCUT2D eigenvalue weighted by molar-refractivity contribution is 7.18. The lowest BCUT2D eigenvalue weighted by Gasteiger charge is -2.34. The van der Waals surface area contributed by atoms with E-state index in [1.165, 1.54) is 14.2 Å². The Labute approximate surface area is 157 Å². The number of carbonyl (C=O) groups excluding carboxylic acids is 3. The van der Waals surface area contributed by atoms with Crippen molar-refractivity contribution in [2.24, 2.45) is 11.8 Å². The van der Waals surface area contributed by atoms with Gasteiger partial charge in [0.2, 0.25) is 5.91 Å². The maximum Gasteiger partial charge on any atom is 0.348 e. The average Bonchev–Trinajstić information content (AvgIpc) is 2.88. The number of likely N-dealkylation sites (tertiary alicyclic amines) is 1. The third-order valence-corrected chi connectivity index (χ3v) is 5.66. The molecule has 7 nitrogen and oxygen atoms in total. The zero-order chi connectivity index (χ0) is 19.4. The number of anilines is 1. The lowest BCUT2D eigenvalue weighted by Crippen LogP contribution is -2.42. The van der Waals surface area contributed by atoms with Crippen LogP contribution in [0.15, 0.2) is 0 Å². The third kappa shape index (κ3) is 4.62. The minimum Gasteiger partial charge on any atom is -0.465 e. The number of methoxy groups -OCH3 is 2. The van der Waals surface area contributed by atoms with Crippen LogP contribution in [0.2, 0.25) is 0 Å². The fourth-order valence-corrected chi connectivity index (χ4v) is 4.66. The molecule has 1 N–H and O–H groups in total. The number of hydrogen-bond donors (Lipinski definition) is 1. The molecule has 1 aromatic rings. The van der Waals surface area contributed by atoms with Crippen LogP contribution < -0.4 is 5.32 Å². The zero-order valence-electron chi connectivity index (χ0n) is 15.9. The first kappa shape index (κ1) is 20.4. The van der Waals surface area contributed by atoms with Gasteiger partial charge in [0.05, 0.1) is 26.3 Å². The Morgan fingerprint density at radius 2 is 1.69 bits per heavy atom. The van der Waals surface area contributed by atoms with Gasteiger partial charge in [-0.1, -0.05) is 13.8 Å². The van der Waals surface area contributed by atoms with Gasteiger partial charge in [-0.05, 0) is 30.7 Å². The predicted octanol–water partition coefficient (Wildman–Crippen LogP) is 2.55. The van der Waals surface area contributed by atoms with Crippen molar-refractivity contribution in [1.29, 1.82) is 0 Å². The molecule has 0 radical (unpaired) electrons. The standard InChI is InChI=1S/C18H26N2O5S/c1-10-6-11(2)8-20(7-10)9-13(21)19-16-14(17(22)24-4)12(3)15(26-16)18(23)25-5/h10-11H,6-9H2,1-5H3,(H,19,21)/t10-,11-/m1/s1. The minimum atomic E-state index is -0.593. The van der Waals surface area contributed by atoms with Crippen LogP contribution in [0.3, 0.4) is 0 Å². The van der Waals surface area contributed by atoms with Crippen LogP contribution in [0.5, 0.6) is 0 Å². The van der Waals surface area contributed by atoms with Crippen molar-refractivity contribution in [3.63, 3.8) is 0 Å². The Kier molecular flexibility index (Phi) is 6.77. The topological polar surface area (TPSA) is 84.9 Å². The molecule has 0 unspecified atom stereocenters. The largest absolute Gasteiger partial charge is 0.465 e. The molecule has 26 heavy (non-hydrogen) atoms. The van der Waals surface area contributed by atoms with Crippen molar-refractivity contribution in [3.05, 3.63) is 16.0 Å². The summed E-state index contributed by atoms with van der Waals surface area (Å²) in [5.74, 6) is -0.255. The van der Waals surface area contributed by atoms with Crippen LogP contribution in [0.4, 0.5) is 5.00 Å². The number of amides is 1. The van der Waals surface area contributed by atoms with Crippen molar-refractivity contribution in [2.45, 2.75) is 27.2 Å². The molecule has 0 spiro atoms. The fraction of sp³-hybridized carbons (Fsp3) is 0.611. The van der Waals surface area contributed by atoms with E-state index in [9.17, 15) is 14.4 Å². The van der Waals surface area contributed by atoms with Gasteiger partial charge < -0.3 is 14.8 Å². The molecular weight excluding hydrogens is 356 g/mol. The Hall–Kier alpha value is -1.93. The minimum absolute atomic E-state index is 0.201. The molecule has 1 aromatic heterocycles. The Morgan fingerprint density at radius 3 is 2.23 bits per heavy atom. The Balaban J connectivity index is 2.18. The van der Waals surface area contributed by atoms with E-state index in [4.69, 9.17) is 9.47 Å². The molecule has 2 heterocycles. The van der Waals surface area contributed by atoms with Crippen molar-refractivity contribution < 1.29 is 23.9 Å². The maximum atomic E-state index is 12.5. The summed E-state index contributed by atoms with van der Waals surface area (Å²) >= 11 is 1.03. The number of ether oxygens (including phenoxy) is 2. The summed E-state index contributed by atoms with van der Waals surface area (Å²) in [5.41, 5.74) is 0.649. The smallest absolute Gasteiger partial charge is 0.348 e. The number of esters is 2. The lowest BCUT2D eigenvalue weighted by atomic mass is 9.92. The lowest BCUT2D eigenvalue weighted by molar-refractivity contribution is -0.117. The number of nitrogens with one attached hydrogen (secondary N) is 1. The van der Waals surface area contributed by atoms with Gasteiger partial charge in [0.15, 0.2) is 0 Å². The maximum absolute atomic E-state index is 12.5. The van der Waals surface area contributed by atoms with Crippen LogP contribution in [0.25, 0.3) is 0 Å². The van der Waals surface area contributed by atoms with Crippen LogP contribution in [0, 0.1) is 18.8 Å². The van der Waals surface area contributed by atoms with Crippen molar-refractivity contribution >= 4 is 34.2 Å². The van der Waals surface area contributed by atoms with E-state index in [2.05, 4.69) is 24.1 Å². The van der Waals surface area contributed by atoms with E-state index in [0.717, 1.165) is 30.8 Å². The second-order valence-electron chi connectivity index (χ2n) is 6.93. The second-order valence-corrected chi connectivity index (χ2v) is 7.95. The summed E-state index contributed by atoms with van der Waals surface area (Å²) in [6.07, 6.45) is 1.16. The molecule has 2 rings (SSSR count). The van der Waals surface area contributed by atoms with E-state index in [-0.39, 0.29) is 22.9 Å². The average molecular weight is 382 g/mol. The summed E-state index contributed by atoms with van der Waals surface area (Å²) in [6.45, 7) is 8.00. The number of piperidine rings is 1. The van der Waals surface area contributed by atoms with Crippen LogP contribution >= 0.6 is 11.3 Å². The molecule has 1 aliphatic rings. The predicted molar refractivity (Wildman–Crippen MR) is 99.7 cm³/mol. The first-order valence-electron chi connectivity index (χ1n) is 8.59. The van der Waals surface area contributed by atoms with Gasteiger partial charge in [0.1, 0.15) is 9.88 Å². The first-order valence-corrected chi connectivity index (χ1v) is 9.40. The first-order chi connectivity index (χ1) is 12.3. The van der Waals surface area contributed by atoms with Gasteiger partial charge in [0, 0.05) is 13.1 Å². The zero-order valence-corrected chi connectivity index (χ0v) is 16.7. The third-order valence-electron chi connectivity index (χ3n) is 4.47. The van der Waals surface area contributed by atoms with Gasteiger partial charge in [0.25, 0.3) is 0 Å². The van der Waals surface area contributed by atoms with E-state index < -0.39 is 11.9 Å². The molecule has 1 saturated heterocycles. The number of hydrogen-bond acceptors (Lipinski definition) is 7. The van der Waals surface area contributed by atoms with E-state index in [1.54, 1.807) is 6.92 Å². The quantitative estimate of drug-likeness (QED) is 0.788.